The van der Waals surface area contributed by atoms with E-state index in [9.17, 15) is 25.2 Å². The van der Waals surface area contributed by atoms with Crippen LogP contribution >= 0.6 is 0 Å². The van der Waals surface area contributed by atoms with Crippen LogP contribution in [0.1, 0.15) is 17.5 Å². The number of phenols is 4. The number of phenolic OH excluding ortho intramolecular Hbond substituents is 4. The number of furan rings is 1. The second kappa shape index (κ2) is 3.06. The van der Waals surface area contributed by atoms with Gasteiger partial charge in [-0.3, -0.25) is 4.79 Å². The molecule has 84 valence electrons. The maximum absolute atomic E-state index is 11.0. The van der Waals surface area contributed by atoms with Crippen LogP contribution in [0.4, 0.5) is 0 Å². The Hall–Kier alpha value is -2.37. The first-order valence-electron chi connectivity index (χ1n) is 4.33. The summed E-state index contributed by atoms with van der Waals surface area (Å²) in [6, 6.07) is 1.17. The quantitative estimate of drug-likeness (QED) is 0.331. The standard InChI is InChI=1S/C10H8O6/c1-3(11)5-2-4-6(12)7(13)8(14)9(15)10(4)16-5/h2,12-15H,1H3. The van der Waals surface area contributed by atoms with Crippen LogP contribution in [-0.4, -0.2) is 26.2 Å². The molecule has 1 aromatic carbocycles. The number of benzene rings is 1. The molecule has 4 N–H and O–H groups in total. The van der Waals surface area contributed by atoms with Crippen molar-refractivity contribution in [2.24, 2.45) is 0 Å². The van der Waals surface area contributed by atoms with Crippen LogP contribution in [0, 0.1) is 0 Å². The van der Waals surface area contributed by atoms with E-state index in [-0.39, 0.29) is 16.7 Å². The Morgan fingerprint density at radius 2 is 1.62 bits per heavy atom. The first-order chi connectivity index (χ1) is 7.43. The van der Waals surface area contributed by atoms with E-state index in [1.54, 1.807) is 0 Å². The van der Waals surface area contributed by atoms with Gasteiger partial charge in [0.2, 0.25) is 17.2 Å². The van der Waals surface area contributed by atoms with E-state index in [2.05, 4.69) is 0 Å². The zero-order chi connectivity index (χ0) is 12.0. The Morgan fingerprint density at radius 3 is 2.19 bits per heavy atom. The molecule has 0 amide bonds. The van der Waals surface area contributed by atoms with Crippen molar-refractivity contribution < 1.29 is 29.6 Å². The summed E-state index contributed by atoms with van der Waals surface area (Å²) in [6.07, 6.45) is 0. The molecule has 0 fully saturated rings. The van der Waals surface area contributed by atoms with Crippen LogP contribution in [0.15, 0.2) is 10.5 Å². The topological polar surface area (TPSA) is 111 Å². The highest BCUT2D eigenvalue weighted by atomic mass is 16.4. The minimum atomic E-state index is -0.894. The van der Waals surface area contributed by atoms with Crippen LogP contribution in [-0.2, 0) is 0 Å². The largest absolute Gasteiger partial charge is 0.504 e. The lowest BCUT2D eigenvalue weighted by molar-refractivity contribution is 0.0989. The molecule has 0 saturated heterocycles. The lowest BCUT2D eigenvalue weighted by Gasteiger charge is -2.03. The van der Waals surface area contributed by atoms with E-state index in [0.717, 1.165) is 0 Å². The zero-order valence-corrected chi connectivity index (χ0v) is 8.18. The summed E-state index contributed by atoms with van der Waals surface area (Å²) in [5.74, 6) is -3.63. The fourth-order valence-corrected chi connectivity index (χ4v) is 1.38. The highest BCUT2D eigenvalue weighted by Crippen LogP contribution is 2.49. The Balaban J connectivity index is 2.92. The van der Waals surface area contributed by atoms with Crippen molar-refractivity contribution in [3.05, 3.63) is 11.8 Å². The predicted octanol–water partition coefficient (Wildman–Crippen LogP) is 1.46. The summed E-state index contributed by atoms with van der Waals surface area (Å²) >= 11 is 0. The molecular formula is C10H8O6. The number of carbonyl (C=O) groups excluding carboxylic acids is 1. The van der Waals surface area contributed by atoms with Gasteiger partial charge in [-0.1, -0.05) is 0 Å². The Kier molecular flexibility index (Phi) is 1.94. The summed E-state index contributed by atoms with van der Waals surface area (Å²) in [4.78, 5) is 11.0. The van der Waals surface area contributed by atoms with Crippen molar-refractivity contribution in [1.82, 2.24) is 0 Å². The molecule has 16 heavy (non-hydrogen) atoms. The number of ketones is 1. The zero-order valence-electron chi connectivity index (χ0n) is 8.18. The molecule has 0 aliphatic rings. The molecule has 6 heteroatoms. The summed E-state index contributed by atoms with van der Waals surface area (Å²) in [7, 11) is 0. The van der Waals surface area contributed by atoms with Crippen LogP contribution in [0.2, 0.25) is 0 Å². The van der Waals surface area contributed by atoms with Gasteiger partial charge in [0.25, 0.3) is 0 Å². The van der Waals surface area contributed by atoms with Gasteiger partial charge in [0, 0.05) is 6.92 Å². The van der Waals surface area contributed by atoms with Gasteiger partial charge in [-0.25, -0.2) is 0 Å². The molecule has 0 atom stereocenters. The maximum Gasteiger partial charge on any atom is 0.208 e. The van der Waals surface area contributed by atoms with Crippen molar-refractivity contribution in [3.63, 3.8) is 0 Å². The fraction of sp³-hybridized carbons (Fsp3) is 0.100. The average molecular weight is 224 g/mol. The molecule has 0 unspecified atom stereocenters. The molecule has 0 saturated carbocycles. The number of hydrogen-bond acceptors (Lipinski definition) is 6. The van der Waals surface area contributed by atoms with Crippen molar-refractivity contribution in [2.75, 3.05) is 0 Å². The molecule has 0 spiro atoms. The minimum Gasteiger partial charge on any atom is -0.504 e. The van der Waals surface area contributed by atoms with Gasteiger partial charge in [-0.2, -0.15) is 0 Å². The number of fused-ring (bicyclic) bond motifs is 1. The molecule has 0 bridgehead atoms. The molecule has 1 heterocycles. The number of carbonyl (C=O) groups is 1. The number of rotatable bonds is 1. The predicted molar refractivity (Wildman–Crippen MR) is 52.9 cm³/mol. The third-order valence-corrected chi connectivity index (χ3v) is 2.22. The van der Waals surface area contributed by atoms with Crippen LogP contribution < -0.4 is 0 Å². The second-order valence-electron chi connectivity index (χ2n) is 3.30. The Bertz CT molecular complexity index is 550. The molecule has 6 nitrogen and oxygen atoms in total. The lowest BCUT2D eigenvalue weighted by Crippen LogP contribution is -1.85. The van der Waals surface area contributed by atoms with Gasteiger partial charge >= 0.3 is 0 Å². The molecule has 0 aliphatic heterocycles. The van der Waals surface area contributed by atoms with Gasteiger partial charge in [-0.05, 0) is 6.07 Å². The second-order valence-corrected chi connectivity index (χ2v) is 3.30. The third-order valence-electron chi connectivity index (χ3n) is 2.22. The van der Waals surface area contributed by atoms with Gasteiger partial charge in [0.15, 0.2) is 22.9 Å². The maximum atomic E-state index is 11.0. The number of hydrogen-bond donors (Lipinski definition) is 4. The Labute approximate surface area is 89.0 Å². The van der Waals surface area contributed by atoms with E-state index in [4.69, 9.17) is 4.42 Å². The van der Waals surface area contributed by atoms with Crippen molar-refractivity contribution in [1.29, 1.82) is 0 Å². The highest BCUT2D eigenvalue weighted by molar-refractivity contribution is 6.01. The Morgan fingerprint density at radius 1 is 1.06 bits per heavy atom. The summed E-state index contributed by atoms with van der Waals surface area (Å²) in [5, 5.41) is 37.3. The summed E-state index contributed by atoms with van der Waals surface area (Å²) in [6.45, 7) is 1.24. The van der Waals surface area contributed by atoms with Crippen molar-refractivity contribution in [3.8, 4) is 23.0 Å². The summed E-state index contributed by atoms with van der Waals surface area (Å²) in [5.41, 5.74) is -0.252. The monoisotopic (exact) mass is 224 g/mol. The molecule has 0 aliphatic carbocycles. The number of aromatic hydroxyl groups is 4. The number of Topliss-reactive ketones (excluding diaryl/α,β-unsaturated/α-hetero) is 1. The summed E-state index contributed by atoms with van der Waals surface area (Å²) < 4.78 is 4.95. The smallest absolute Gasteiger partial charge is 0.208 e. The average Bonchev–Trinajstić information content (AvgIpc) is 2.68. The molecule has 1 aromatic heterocycles. The van der Waals surface area contributed by atoms with E-state index < -0.39 is 28.8 Å². The molecule has 2 rings (SSSR count). The lowest BCUT2D eigenvalue weighted by atomic mass is 10.2. The van der Waals surface area contributed by atoms with E-state index in [1.165, 1.54) is 13.0 Å². The first kappa shape index (κ1) is 10.2. The van der Waals surface area contributed by atoms with E-state index in [0.29, 0.717) is 0 Å². The van der Waals surface area contributed by atoms with Crippen molar-refractivity contribution >= 4 is 16.8 Å². The highest BCUT2D eigenvalue weighted by Gasteiger charge is 2.22. The molecular weight excluding hydrogens is 216 g/mol. The first-order valence-corrected chi connectivity index (χ1v) is 4.33. The third kappa shape index (κ3) is 1.16. The van der Waals surface area contributed by atoms with Crippen LogP contribution in [0.3, 0.4) is 0 Å². The van der Waals surface area contributed by atoms with E-state index in [1.807, 2.05) is 0 Å². The fourth-order valence-electron chi connectivity index (χ4n) is 1.38. The van der Waals surface area contributed by atoms with Crippen LogP contribution in [0.5, 0.6) is 23.0 Å². The van der Waals surface area contributed by atoms with E-state index >= 15 is 0 Å². The minimum absolute atomic E-state index is 0.0435. The SMILES string of the molecule is CC(=O)c1cc2c(O)c(O)c(O)c(O)c2o1. The normalized spacial score (nSPS) is 10.8. The van der Waals surface area contributed by atoms with Gasteiger partial charge in [-0.15, -0.1) is 0 Å². The van der Waals surface area contributed by atoms with Gasteiger partial charge in [0.05, 0.1) is 5.39 Å². The van der Waals surface area contributed by atoms with Crippen molar-refractivity contribution in [2.45, 2.75) is 6.92 Å². The van der Waals surface area contributed by atoms with Crippen LogP contribution in [0.25, 0.3) is 11.0 Å². The molecule has 0 radical (unpaired) electrons. The van der Waals surface area contributed by atoms with Gasteiger partial charge < -0.3 is 24.8 Å². The van der Waals surface area contributed by atoms with Gasteiger partial charge in [0.1, 0.15) is 0 Å². The molecule has 2 aromatic rings.